The Morgan fingerprint density at radius 2 is 2.17 bits per heavy atom. The largest absolute Gasteiger partial charge is 0.492 e. The number of para-hydroxylation sites is 2. The molecule has 1 aromatic carbocycles. The Balaban J connectivity index is 2.16. The second kappa shape index (κ2) is 5.65. The number of anilines is 1. The first-order valence-corrected chi connectivity index (χ1v) is 7.31. The molecule has 4 heteroatoms. The molecular weight excluding hydrogens is 244 g/mol. The van der Waals surface area contributed by atoms with Gasteiger partial charge in [0.15, 0.2) is 5.17 Å². The number of rotatable bonds is 3. The van der Waals surface area contributed by atoms with Crippen LogP contribution in [0.25, 0.3) is 0 Å². The van der Waals surface area contributed by atoms with Gasteiger partial charge in [0.25, 0.3) is 0 Å². The number of amidine groups is 1. The summed E-state index contributed by atoms with van der Waals surface area (Å²) in [6.45, 7) is 7.00. The Kier molecular flexibility index (Phi) is 4.17. The van der Waals surface area contributed by atoms with Crippen LogP contribution in [0.5, 0.6) is 5.75 Å². The summed E-state index contributed by atoms with van der Waals surface area (Å²) in [4.78, 5) is 4.72. The number of hydrogen-bond donors (Lipinski definition) is 1. The summed E-state index contributed by atoms with van der Waals surface area (Å²) in [5.74, 6) is 1.99. The van der Waals surface area contributed by atoms with Gasteiger partial charge in [-0.15, -0.1) is 0 Å². The Morgan fingerprint density at radius 1 is 1.39 bits per heavy atom. The van der Waals surface area contributed by atoms with Crippen molar-refractivity contribution in [2.24, 2.45) is 4.99 Å². The highest BCUT2D eigenvalue weighted by Gasteiger charge is 2.22. The minimum atomic E-state index is 0.0359. The summed E-state index contributed by atoms with van der Waals surface area (Å²) in [5.41, 5.74) is 1.03. The average molecular weight is 264 g/mol. The number of ether oxygens (including phenoxy) is 1. The zero-order chi connectivity index (χ0) is 13.0. The Bertz CT molecular complexity index is 443. The van der Waals surface area contributed by atoms with E-state index in [9.17, 15) is 0 Å². The zero-order valence-corrected chi connectivity index (χ0v) is 12.0. The molecule has 18 heavy (non-hydrogen) atoms. The van der Waals surface area contributed by atoms with Gasteiger partial charge < -0.3 is 10.1 Å². The van der Waals surface area contributed by atoms with Crippen molar-refractivity contribution in [3.05, 3.63) is 24.3 Å². The van der Waals surface area contributed by atoms with Crippen LogP contribution >= 0.6 is 11.8 Å². The molecule has 0 saturated carbocycles. The van der Waals surface area contributed by atoms with Crippen molar-refractivity contribution in [3.63, 3.8) is 0 Å². The van der Waals surface area contributed by atoms with Crippen molar-refractivity contribution in [1.82, 2.24) is 0 Å². The van der Waals surface area contributed by atoms with E-state index in [4.69, 9.17) is 9.73 Å². The van der Waals surface area contributed by atoms with Crippen LogP contribution in [-0.4, -0.2) is 23.1 Å². The molecule has 0 amide bonds. The normalized spacial score (nSPS) is 18.1. The van der Waals surface area contributed by atoms with Gasteiger partial charge in [-0.2, -0.15) is 0 Å². The smallest absolute Gasteiger partial charge is 0.161 e. The van der Waals surface area contributed by atoms with Gasteiger partial charge in [-0.05, 0) is 39.3 Å². The molecule has 1 aliphatic rings. The lowest BCUT2D eigenvalue weighted by molar-refractivity contribution is 0.342. The van der Waals surface area contributed by atoms with Gasteiger partial charge in [0.2, 0.25) is 0 Å². The van der Waals surface area contributed by atoms with Crippen molar-refractivity contribution in [2.75, 3.05) is 17.7 Å². The molecule has 3 nitrogen and oxygen atoms in total. The van der Waals surface area contributed by atoms with E-state index in [1.54, 1.807) is 11.8 Å². The predicted molar refractivity (Wildman–Crippen MR) is 79.8 cm³/mol. The van der Waals surface area contributed by atoms with Crippen molar-refractivity contribution in [1.29, 1.82) is 0 Å². The molecule has 0 radical (unpaired) electrons. The quantitative estimate of drug-likeness (QED) is 0.902. The first-order valence-electron chi connectivity index (χ1n) is 6.32. The molecule has 1 aliphatic heterocycles. The number of nitrogens with zero attached hydrogens (tertiary/aromatic N) is 1. The Morgan fingerprint density at radius 3 is 2.89 bits per heavy atom. The molecule has 2 rings (SSSR count). The fourth-order valence-electron chi connectivity index (χ4n) is 1.79. The molecule has 0 fully saturated rings. The molecule has 0 spiro atoms. The Hall–Kier alpha value is -1.16. The number of nitrogens with one attached hydrogen (secondary N) is 1. The maximum atomic E-state index is 5.60. The highest BCUT2D eigenvalue weighted by Crippen LogP contribution is 2.29. The lowest BCUT2D eigenvalue weighted by Gasteiger charge is -2.26. The van der Waals surface area contributed by atoms with Gasteiger partial charge in [-0.1, -0.05) is 23.9 Å². The van der Waals surface area contributed by atoms with E-state index in [1.165, 1.54) is 0 Å². The van der Waals surface area contributed by atoms with E-state index in [2.05, 4.69) is 19.2 Å². The highest BCUT2D eigenvalue weighted by molar-refractivity contribution is 8.14. The van der Waals surface area contributed by atoms with Crippen molar-refractivity contribution in [2.45, 2.75) is 32.7 Å². The van der Waals surface area contributed by atoms with E-state index in [-0.39, 0.29) is 5.54 Å². The molecule has 1 N–H and O–H groups in total. The summed E-state index contributed by atoms with van der Waals surface area (Å²) in [6, 6.07) is 7.99. The third kappa shape index (κ3) is 3.42. The van der Waals surface area contributed by atoms with E-state index in [0.717, 1.165) is 28.8 Å². The molecule has 0 atom stereocenters. The lowest BCUT2D eigenvalue weighted by atomic mass is 10.0. The zero-order valence-electron chi connectivity index (χ0n) is 11.2. The van der Waals surface area contributed by atoms with Crippen LogP contribution in [0.1, 0.15) is 27.2 Å². The average Bonchev–Trinajstić information content (AvgIpc) is 2.31. The minimum Gasteiger partial charge on any atom is -0.492 e. The molecule has 1 heterocycles. The van der Waals surface area contributed by atoms with Crippen LogP contribution in [0.3, 0.4) is 0 Å². The van der Waals surface area contributed by atoms with Crippen LogP contribution in [-0.2, 0) is 0 Å². The third-order valence-corrected chi connectivity index (χ3v) is 3.66. The SMILES string of the molecule is CCOc1ccccc1NC1=NC(C)(C)CCS1. The molecule has 0 aromatic heterocycles. The highest BCUT2D eigenvalue weighted by atomic mass is 32.2. The van der Waals surface area contributed by atoms with Gasteiger partial charge in [0.1, 0.15) is 5.75 Å². The summed E-state index contributed by atoms with van der Waals surface area (Å²) in [6.07, 6.45) is 1.12. The lowest BCUT2D eigenvalue weighted by Crippen LogP contribution is -2.27. The van der Waals surface area contributed by atoms with Gasteiger partial charge in [0.05, 0.1) is 17.8 Å². The van der Waals surface area contributed by atoms with Crippen LogP contribution < -0.4 is 10.1 Å². The molecule has 0 unspecified atom stereocenters. The number of hydrogen-bond acceptors (Lipinski definition) is 4. The molecule has 1 aromatic rings. The van der Waals surface area contributed by atoms with Crippen molar-refractivity contribution >= 4 is 22.6 Å². The van der Waals surface area contributed by atoms with E-state index in [0.29, 0.717) is 6.61 Å². The van der Waals surface area contributed by atoms with Crippen molar-refractivity contribution in [3.8, 4) is 5.75 Å². The number of aliphatic imine (C=N–C) groups is 1. The summed E-state index contributed by atoms with van der Waals surface area (Å²) >= 11 is 1.77. The summed E-state index contributed by atoms with van der Waals surface area (Å²) in [5, 5.41) is 4.36. The maximum absolute atomic E-state index is 5.60. The number of thioether (sulfide) groups is 1. The first kappa shape index (κ1) is 13.3. The minimum absolute atomic E-state index is 0.0359. The molecule has 0 saturated heterocycles. The van der Waals surface area contributed by atoms with E-state index >= 15 is 0 Å². The topological polar surface area (TPSA) is 33.6 Å². The van der Waals surface area contributed by atoms with Gasteiger partial charge in [-0.25, -0.2) is 0 Å². The first-order chi connectivity index (χ1) is 8.61. The second-order valence-electron chi connectivity index (χ2n) is 4.88. The molecule has 0 aliphatic carbocycles. The van der Waals surface area contributed by atoms with Gasteiger partial charge in [-0.3, -0.25) is 4.99 Å². The molecular formula is C14H20N2OS. The molecule has 0 bridgehead atoms. The van der Waals surface area contributed by atoms with Crippen LogP contribution in [0.2, 0.25) is 0 Å². The third-order valence-electron chi connectivity index (χ3n) is 2.79. The summed E-state index contributed by atoms with van der Waals surface area (Å²) < 4.78 is 5.60. The van der Waals surface area contributed by atoms with Gasteiger partial charge >= 0.3 is 0 Å². The fraction of sp³-hybridized carbons (Fsp3) is 0.500. The molecule has 98 valence electrons. The van der Waals surface area contributed by atoms with Crippen molar-refractivity contribution < 1.29 is 4.74 Å². The summed E-state index contributed by atoms with van der Waals surface area (Å²) in [7, 11) is 0. The standard InChI is InChI=1S/C14H20N2OS/c1-4-17-12-8-6-5-7-11(12)15-13-16-14(2,3)9-10-18-13/h5-8H,4,9-10H2,1-3H3,(H,15,16). The van der Waals surface area contributed by atoms with E-state index < -0.39 is 0 Å². The van der Waals surface area contributed by atoms with E-state index in [1.807, 2.05) is 31.2 Å². The second-order valence-corrected chi connectivity index (χ2v) is 5.97. The Labute approximate surface area is 113 Å². The predicted octanol–water partition coefficient (Wildman–Crippen LogP) is 3.77. The van der Waals surface area contributed by atoms with Crippen LogP contribution in [0.4, 0.5) is 5.69 Å². The number of benzene rings is 1. The maximum Gasteiger partial charge on any atom is 0.161 e. The monoisotopic (exact) mass is 264 g/mol. The van der Waals surface area contributed by atoms with Crippen LogP contribution in [0, 0.1) is 0 Å². The van der Waals surface area contributed by atoms with Gasteiger partial charge in [0, 0.05) is 5.75 Å². The van der Waals surface area contributed by atoms with Crippen LogP contribution in [0.15, 0.2) is 29.3 Å². The fourth-order valence-corrected chi connectivity index (χ4v) is 3.08.